The number of halogens is 1. The van der Waals surface area contributed by atoms with Crippen LogP contribution in [0.25, 0.3) is 0 Å². The molecular weight excluding hydrogens is 253 g/mol. The summed E-state index contributed by atoms with van der Waals surface area (Å²) in [6.07, 6.45) is 0.992. The van der Waals surface area contributed by atoms with Gasteiger partial charge in [0.1, 0.15) is 17.3 Å². The van der Waals surface area contributed by atoms with E-state index in [1.807, 2.05) is 31.2 Å². The number of hydrogen-bond donors (Lipinski definition) is 1. The Labute approximate surface area is 119 Å². The second-order valence-corrected chi connectivity index (χ2v) is 4.60. The Morgan fingerprint density at radius 3 is 2.45 bits per heavy atom. The minimum Gasteiger partial charge on any atom is -0.457 e. The molecule has 0 bridgehead atoms. The van der Waals surface area contributed by atoms with E-state index in [0.717, 1.165) is 18.7 Å². The van der Waals surface area contributed by atoms with Gasteiger partial charge in [0.05, 0.1) is 0 Å². The first-order chi connectivity index (χ1) is 9.74. The Balaban J connectivity index is 2.20. The van der Waals surface area contributed by atoms with Crippen molar-refractivity contribution >= 4 is 0 Å². The predicted octanol–water partition coefficient (Wildman–Crippen LogP) is 4.29. The van der Waals surface area contributed by atoms with Crippen LogP contribution in [-0.4, -0.2) is 6.54 Å². The second-order valence-electron chi connectivity index (χ2n) is 4.60. The standard InChI is InChI=1S/C17H20FNO/c1-3-13-8-10-14(11-9-13)20-17-7-5-6-16(18)15(17)12-19-4-2/h5-11,19H,3-4,12H2,1-2H3. The molecule has 2 nitrogen and oxygen atoms in total. The van der Waals surface area contributed by atoms with Crippen molar-refractivity contribution in [1.82, 2.24) is 5.32 Å². The average molecular weight is 273 g/mol. The van der Waals surface area contributed by atoms with Crippen LogP contribution in [0.4, 0.5) is 4.39 Å². The third-order valence-corrected chi connectivity index (χ3v) is 3.19. The monoisotopic (exact) mass is 273 g/mol. The van der Waals surface area contributed by atoms with Crippen LogP contribution >= 0.6 is 0 Å². The molecule has 0 amide bonds. The van der Waals surface area contributed by atoms with Gasteiger partial charge < -0.3 is 10.1 Å². The van der Waals surface area contributed by atoms with Crippen molar-refractivity contribution in [3.63, 3.8) is 0 Å². The maximum absolute atomic E-state index is 13.9. The van der Waals surface area contributed by atoms with Crippen LogP contribution in [0, 0.1) is 5.82 Å². The van der Waals surface area contributed by atoms with Crippen molar-refractivity contribution in [3.05, 3.63) is 59.4 Å². The Bertz CT molecular complexity index is 551. The van der Waals surface area contributed by atoms with Crippen LogP contribution in [0.5, 0.6) is 11.5 Å². The molecule has 106 valence electrons. The van der Waals surface area contributed by atoms with Gasteiger partial charge in [0, 0.05) is 12.1 Å². The van der Waals surface area contributed by atoms with Crippen LogP contribution < -0.4 is 10.1 Å². The lowest BCUT2D eigenvalue weighted by Gasteiger charge is -2.12. The summed E-state index contributed by atoms with van der Waals surface area (Å²) in [6, 6.07) is 12.8. The van der Waals surface area contributed by atoms with Crippen molar-refractivity contribution in [2.24, 2.45) is 0 Å². The smallest absolute Gasteiger partial charge is 0.134 e. The molecule has 2 aromatic rings. The molecule has 0 saturated heterocycles. The molecule has 20 heavy (non-hydrogen) atoms. The lowest BCUT2D eigenvalue weighted by molar-refractivity contribution is 0.462. The lowest BCUT2D eigenvalue weighted by atomic mass is 10.1. The van der Waals surface area contributed by atoms with Crippen LogP contribution in [0.15, 0.2) is 42.5 Å². The van der Waals surface area contributed by atoms with Crippen LogP contribution in [0.1, 0.15) is 25.0 Å². The summed E-state index contributed by atoms with van der Waals surface area (Å²) in [5.41, 5.74) is 1.82. The van der Waals surface area contributed by atoms with Gasteiger partial charge in [-0.2, -0.15) is 0 Å². The molecule has 0 fully saturated rings. The van der Waals surface area contributed by atoms with Gasteiger partial charge in [-0.3, -0.25) is 0 Å². The fourth-order valence-electron chi connectivity index (χ4n) is 1.98. The molecule has 0 aromatic heterocycles. The third-order valence-electron chi connectivity index (χ3n) is 3.19. The summed E-state index contributed by atoms with van der Waals surface area (Å²) in [5, 5.41) is 3.13. The molecule has 3 heteroatoms. The van der Waals surface area contributed by atoms with Crippen molar-refractivity contribution in [1.29, 1.82) is 0 Å². The minimum absolute atomic E-state index is 0.242. The molecule has 0 atom stereocenters. The fourth-order valence-corrected chi connectivity index (χ4v) is 1.98. The Morgan fingerprint density at radius 2 is 1.80 bits per heavy atom. The SMILES string of the molecule is CCNCc1c(F)cccc1Oc1ccc(CC)cc1. The van der Waals surface area contributed by atoms with Gasteiger partial charge in [-0.25, -0.2) is 4.39 Å². The van der Waals surface area contributed by atoms with E-state index < -0.39 is 0 Å². The van der Waals surface area contributed by atoms with Crippen molar-refractivity contribution in [2.75, 3.05) is 6.54 Å². The highest BCUT2D eigenvalue weighted by atomic mass is 19.1. The fraction of sp³-hybridized carbons (Fsp3) is 0.294. The first-order valence-corrected chi connectivity index (χ1v) is 6.99. The molecule has 0 aliphatic rings. The van der Waals surface area contributed by atoms with E-state index in [2.05, 4.69) is 12.2 Å². The number of nitrogens with one attached hydrogen (secondary N) is 1. The summed E-state index contributed by atoms with van der Waals surface area (Å²) >= 11 is 0. The second kappa shape index (κ2) is 7.06. The van der Waals surface area contributed by atoms with E-state index in [0.29, 0.717) is 17.9 Å². The molecule has 1 N–H and O–H groups in total. The average Bonchev–Trinajstić information content (AvgIpc) is 2.47. The zero-order chi connectivity index (χ0) is 14.4. The minimum atomic E-state index is -0.242. The quantitative estimate of drug-likeness (QED) is 0.847. The first-order valence-electron chi connectivity index (χ1n) is 6.99. The van der Waals surface area contributed by atoms with E-state index in [9.17, 15) is 4.39 Å². The van der Waals surface area contributed by atoms with Crippen LogP contribution in [-0.2, 0) is 13.0 Å². The molecule has 0 unspecified atom stereocenters. The Morgan fingerprint density at radius 1 is 1.05 bits per heavy atom. The molecule has 0 radical (unpaired) electrons. The van der Waals surface area contributed by atoms with Crippen LogP contribution in [0.2, 0.25) is 0 Å². The van der Waals surface area contributed by atoms with Gasteiger partial charge in [-0.15, -0.1) is 0 Å². The molecule has 0 aliphatic heterocycles. The summed E-state index contributed by atoms with van der Waals surface area (Å²) in [5.74, 6) is 1.05. The van der Waals surface area contributed by atoms with Gasteiger partial charge >= 0.3 is 0 Å². The largest absolute Gasteiger partial charge is 0.457 e. The van der Waals surface area contributed by atoms with Crippen molar-refractivity contribution < 1.29 is 9.13 Å². The number of aryl methyl sites for hydroxylation is 1. The lowest BCUT2D eigenvalue weighted by Crippen LogP contribution is -2.13. The number of ether oxygens (including phenoxy) is 1. The van der Waals surface area contributed by atoms with Gasteiger partial charge in [-0.1, -0.05) is 32.0 Å². The summed E-state index contributed by atoms with van der Waals surface area (Å²) in [7, 11) is 0. The first kappa shape index (κ1) is 14.5. The number of benzene rings is 2. The van der Waals surface area contributed by atoms with Crippen LogP contribution in [0.3, 0.4) is 0 Å². The van der Waals surface area contributed by atoms with Gasteiger partial charge in [-0.05, 0) is 42.8 Å². The van der Waals surface area contributed by atoms with Gasteiger partial charge in [0.15, 0.2) is 0 Å². The highest BCUT2D eigenvalue weighted by Gasteiger charge is 2.09. The van der Waals surface area contributed by atoms with Gasteiger partial charge in [0.2, 0.25) is 0 Å². The number of hydrogen-bond acceptors (Lipinski definition) is 2. The molecular formula is C17H20FNO. The Hall–Kier alpha value is -1.87. The highest BCUT2D eigenvalue weighted by molar-refractivity contribution is 5.39. The molecule has 0 aliphatic carbocycles. The van der Waals surface area contributed by atoms with E-state index in [4.69, 9.17) is 4.74 Å². The maximum Gasteiger partial charge on any atom is 0.134 e. The summed E-state index contributed by atoms with van der Waals surface area (Å²) in [4.78, 5) is 0. The summed E-state index contributed by atoms with van der Waals surface area (Å²) < 4.78 is 19.7. The zero-order valence-electron chi connectivity index (χ0n) is 11.9. The zero-order valence-corrected chi connectivity index (χ0v) is 11.9. The molecule has 0 saturated carbocycles. The Kier molecular flexibility index (Phi) is 5.13. The normalized spacial score (nSPS) is 10.6. The van der Waals surface area contributed by atoms with Crippen molar-refractivity contribution in [2.45, 2.75) is 26.8 Å². The molecule has 2 aromatic carbocycles. The molecule has 0 spiro atoms. The third kappa shape index (κ3) is 3.58. The predicted molar refractivity (Wildman–Crippen MR) is 79.7 cm³/mol. The molecule has 0 heterocycles. The number of rotatable bonds is 6. The highest BCUT2D eigenvalue weighted by Crippen LogP contribution is 2.27. The van der Waals surface area contributed by atoms with Gasteiger partial charge in [0.25, 0.3) is 0 Å². The van der Waals surface area contributed by atoms with E-state index >= 15 is 0 Å². The summed E-state index contributed by atoms with van der Waals surface area (Å²) in [6.45, 7) is 5.35. The topological polar surface area (TPSA) is 21.3 Å². The maximum atomic E-state index is 13.9. The van der Waals surface area contributed by atoms with E-state index in [1.165, 1.54) is 11.6 Å². The van der Waals surface area contributed by atoms with Crippen molar-refractivity contribution in [3.8, 4) is 11.5 Å². The van der Waals surface area contributed by atoms with E-state index in [-0.39, 0.29) is 5.82 Å². The van der Waals surface area contributed by atoms with E-state index in [1.54, 1.807) is 12.1 Å². The molecule has 2 rings (SSSR count).